The van der Waals surface area contributed by atoms with Crippen molar-refractivity contribution in [2.45, 2.75) is 58.3 Å². The van der Waals surface area contributed by atoms with Gasteiger partial charge in [-0.25, -0.2) is 4.79 Å². The van der Waals surface area contributed by atoms with Gasteiger partial charge in [0.25, 0.3) is 5.91 Å². The first-order valence-electron chi connectivity index (χ1n) is 13.2. The number of benzene rings is 3. The molecular weight excluding hydrogens is 539 g/mol. The highest BCUT2D eigenvalue weighted by Crippen LogP contribution is 2.32. The van der Waals surface area contributed by atoms with Crippen LogP contribution in [-0.4, -0.2) is 40.7 Å². The van der Waals surface area contributed by atoms with E-state index in [-0.39, 0.29) is 18.4 Å². The maximum atomic E-state index is 13.4. The molecule has 0 aliphatic carbocycles. The lowest BCUT2D eigenvalue weighted by atomic mass is 10.0. The third-order valence-electron chi connectivity index (χ3n) is 6.29. The van der Waals surface area contributed by atoms with Crippen LogP contribution in [0.3, 0.4) is 0 Å². The summed E-state index contributed by atoms with van der Waals surface area (Å²) in [6.07, 6.45) is -4.21. The molecule has 0 radical (unpaired) electrons. The number of alkyl halides is 3. The Morgan fingerprint density at radius 1 is 0.878 bits per heavy atom. The van der Waals surface area contributed by atoms with Crippen LogP contribution < -0.4 is 4.74 Å². The molecule has 0 heterocycles. The van der Waals surface area contributed by atoms with Crippen LogP contribution in [-0.2, 0) is 22.3 Å². The van der Waals surface area contributed by atoms with Crippen molar-refractivity contribution in [3.8, 4) is 16.9 Å². The van der Waals surface area contributed by atoms with Gasteiger partial charge < -0.3 is 19.5 Å². The Morgan fingerprint density at radius 2 is 1.59 bits per heavy atom. The molecule has 0 fully saturated rings. The van der Waals surface area contributed by atoms with Crippen molar-refractivity contribution in [2.24, 2.45) is 0 Å². The molecule has 7 nitrogen and oxygen atoms in total. The SMILES string of the molecule is CC(C)N(Cc1cccc(OCCCCCC(=O)OC(=O)O)c1)C(=O)c1ccc(-c2cccc(C(F)(F)F)c2)cc1. The van der Waals surface area contributed by atoms with Crippen LogP contribution >= 0.6 is 0 Å². The average molecular weight is 572 g/mol. The lowest BCUT2D eigenvalue weighted by molar-refractivity contribution is -0.139. The zero-order valence-electron chi connectivity index (χ0n) is 22.8. The zero-order valence-corrected chi connectivity index (χ0v) is 22.8. The molecule has 3 aromatic carbocycles. The summed E-state index contributed by atoms with van der Waals surface area (Å²) < 4.78 is 49.2. The van der Waals surface area contributed by atoms with E-state index < -0.39 is 23.9 Å². The van der Waals surface area contributed by atoms with Crippen molar-refractivity contribution < 1.29 is 42.1 Å². The summed E-state index contributed by atoms with van der Waals surface area (Å²) in [6, 6.07) is 18.9. The summed E-state index contributed by atoms with van der Waals surface area (Å²) in [5.41, 5.74) is 1.55. The Kier molecular flexibility index (Phi) is 10.9. The predicted octanol–water partition coefficient (Wildman–Crippen LogP) is 7.58. The fourth-order valence-corrected chi connectivity index (χ4v) is 4.15. The molecule has 41 heavy (non-hydrogen) atoms. The zero-order chi connectivity index (χ0) is 30.0. The molecule has 1 amide bonds. The number of halogens is 3. The molecule has 0 aromatic heterocycles. The van der Waals surface area contributed by atoms with Gasteiger partial charge in [-0.05, 0) is 86.2 Å². The van der Waals surface area contributed by atoms with E-state index in [1.165, 1.54) is 6.07 Å². The highest BCUT2D eigenvalue weighted by atomic mass is 19.4. The second-order valence-electron chi connectivity index (χ2n) is 9.73. The molecule has 0 atom stereocenters. The molecule has 0 spiro atoms. The lowest BCUT2D eigenvalue weighted by Gasteiger charge is -2.27. The van der Waals surface area contributed by atoms with E-state index in [0.29, 0.717) is 54.9 Å². The van der Waals surface area contributed by atoms with Crippen molar-refractivity contribution in [3.05, 3.63) is 89.5 Å². The Balaban J connectivity index is 1.58. The van der Waals surface area contributed by atoms with Crippen LogP contribution in [0.25, 0.3) is 11.1 Å². The molecule has 3 rings (SSSR count). The number of amides is 1. The Hall–Kier alpha value is -4.34. The van der Waals surface area contributed by atoms with E-state index in [9.17, 15) is 27.6 Å². The van der Waals surface area contributed by atoms with Gasteiger partial charge in [0.15, 0.2) is 0 Å². The number of esters is 1. The van der Waals surface area contributed by atoms with Gasteiger partial charge in [-0.2, -0.15) is 13.2 Å². The maximum absolute atomic E-state index is 13.4. The van der Waals surface area contributed by atoms with Crippen LogP contribution in [0.1, 0.15) is 61.0 Å². The average Bonchev–Trinajstić information content (AvgIpc) is 2.92. The molecule has 3 aromatic rings. The quantitative estimate of drug-likeness (QED) is 0.137. The predicted molar refractivity (Wildman–Crippen MR) is 146 cm³/mol. The molecule has 0 saturated carbocycles. The van der Waals surface area contributed by atoms with Crippen molar-refractivity contribution in [1.29, 1.82) is 0 Å². The van der Waals surface area contributed by atoms with Crippen molar-refractivity contribution in [2.75, 3.05) is 6.61 Å². The molecule has 218 valence electrons. The number of nitrogens with zero attached hydrogens (tertiary/aromatic N) is 1. The third-order valence-corrected chi connectivity index (χ3v) is 6.29. The molecule has 0 unspecified atom stereocenters. The van der Waals surface area contributed by atoms with Crippen molar-refractivity contribution >= 4 is 18.0 Å². The number of ether oxygens (including phenoxy) is 2. The highest BCUT2D eigenvalue weighted by Gasteiger charge is 2.30. The highest BCUT2D eigenvalue weighted by molar-refractivity contribution is 5.95. The second-order valence-corrected chi connectivity index (χ2v) is 9.73. The van der Waals surface area contributed by atoms with E-state index in [0.717, 1.165) is 17.7 Å². The second kappa shape index (κ2) is 14.3. The van der Waals surface area contributed by atoms with E-state index in [4.69, 9.17) is 9.84 Å². The van der Waals surface area contributed by atoms with Crippen molar-refractivity contribution in [3.63, 3.8) is 0 Å². The summed E-state index contributed by atoms with van der Waals surface area (Å²) in [5.74, 6) is -0.347. The van der Waals surface area contributed by atoms with E-state index >= 15 is 0 Å². The largest absolute Gasteiger partial charge is 0.513 e. The van der Waals surface area contributed by atoms with Gasteiger partial charge in [-0.15, -0.1) is 0 Å². The Bertz CT molecular complexity index is 1340. The molecule has 0 aliphatic heterocycles. The topological polar surface area (TPSA) is 93.1 Å². The molecule has 0 aliphatic rings. The molecule has 0 saturated heterocycles. The summed E-state index contributed by atoms with van der Waals surface area (Å²) >= 11 is 0. The number of carbonyl (C=O) groups excluding carboxylic acids is 2. The lowest BCUT2D eigenvalue weighted by Crippen LogP contribution is -2.36. The van der Waals surface area contributed by atoms with Crippen LogP contribution in [0.2, 0.25) is 0 Å². The Morgan fingerprint density at radius 3 is 2.24 bits per heavy atom. The third kappa shape index (κ3) is 9.66. The first kappa shape index (κ1) is 31.2. The monoisotopic (exact) mass is 571 g/mol. The number of carboxylic acid groups (broad SMARTS) is 1. The van der Waals surface area contributed by atoms with Crippen LogP contribution in [0.5, 0.6) is 5.75 Å². The summed E-state index contributed by atoms with van der Waals surface area (Å²) in [5, 5.41) is 8.41. The summed E-state index contributed by atoms with van der Waals surface area (Å²) in [6.45, 7) is 4.54. The smallest absolute Gasteiger partial charge is 0.494 e. The van der Waals surface area contributed by atoms with Gasteiger partial charge in [0.1, 0.15) is 5.75 Å². The number of carbonyl (C=O) groups is 3. The van der Waals surface area contributed by atoms with Gasteiger partial charge in [-0.1, -0.05) is 36.4 Å². The number of unbranched alkanes of at least 4 members (excludes halogenated alkanes) is 2. The number of hydrogen-bond donors (Lipinski definition) is 1. The fraction of sp³-hybridized carbons (Fsp3) is 0.323. The fourth-order valence-electron chi connectivity index (χ4n) is 4.15. The minimum Gasteiger partial charge on any atom is -0.494 e. The minimum absolute atomic E-state index is 0.0226. The molecular formula is C31H32F3NO6. The summed E-state index contributed by atoms with van der Waals surface area (Å²) in [4.78, 5) is 36.6. The van der Waals surface area contributed by atoms with Gasteiger partial charge >= 0.3 is 18.3 Å². The van der Waals surface area contributed by atoms with Gasteiger partial charge in [0, 0.05) is 24.6 Å². The molecule has 0 bridgehead atoms. The normalized spacial score (nSPS) is 11.3. The summed E-state index contributed by atoms with van der Waals surface area (Å²) in [7, 11) is 0. The standard InChI is InChI=1S/C31H32F3NO6/c1-21(2)35(20-22-8-6-11-27(18-22)40-17-5-3-4-12-28(36)41-30(38)39)29(37)24-15-13-23(14-16-24)25-9-7-10-26(19-25)31(32,33)34/h6-11,13-16,18-19,21H,3-5,12,17,20H2,1-2H3,(H,38,39). The van der Waals surface area contributed by atoms with Crippen LogP contribution in [0.4, 0.5) is 18.0 Å². The number of rotatable bonds is 12. The molecule has 10 heteroatoms. The Labute approximate surface area is 236 Å². The van der Waals surface area contributed by atoms with Gasteiger partial charge in [0.2, 0.25) is 0 Å². The molecule has 1 N–H and O–H groups in total. The minimum atomic E-state index is -4.44. The van der Waals surface area contributed by atoms with Crippen LogP contribution in [0.15, 0.2) is 72.8 Å². The van der Waals surface area contributed by atoms with E-state index in [2.05, 4.69) is 4.74 Å². The van der Waals surface area contributed by atoms with Crippen LogP contribution in [0, 0.1) is 0 Å². The van der Waals surface area contributed by atoms with Gasteiger partial charge in [-0.3, -0.25) is 9.59 Å². The van der Waals surface area contributed by atoms with E-state index in [1.54, 1.807) is 35.2 Å². The van der Waals surface area contributed by atoms with E-state index in [1.807, 2.05) is 38.1 Å². The number of hydrogen-bond acceptors (Lipinski definition) is 5. The van der Waals surface area contributed by atoms with Gasteiger partial charge in [0.05, 0.1) is 12.2 Å². The first-order valence-corrected chi connectivity index (χ1v) is 13.2. The van der Waals surface area contributed by atoms with Crippen molar-refractivity contribution in [1.82, 2.24) is 4.90 Å². The maximum Gasteiger partial charge on any atom is 0.513 e. The first-order chi connectivity index (χ1) is 19.4.